The van der Waals surface area contributed by atoms with E-state index in [0.717, 1.165) is 17.0 Å². The lowest BCUT2D eigenvalue weighted by Gasteiger charge is -2.13. The Morgan fingerprint density at radius 3 is 2.44 bits per heavy atom. The molecule has 1 aromatic carbocycles. The molecule has 0 aliphatic heterocycles. The Kier molecular flexibility index (Phi) is 6.45. The van der Waals surface area contributed by atoms with Crippen molar-refractivity contribution in [1.82, 2.24) is 4.57 Å². The fourth-order valence-corrected chi connectivity index (χ4v) is 3.10. The summed E-state index contributed by atoms with van der Waals surface area (Å²) in [4.78, 5) is 23.0. The maximum Gasteiger partial charge on any atom is 0.185 e. The Morgan fingerprint density at radius 2 is 1.89 bits per heavy atom. The van der Waals surface area contributed by atoms with Gasteiger partial charge in [0, 0.05) is 23.0 Å². The zero-order valence-electron chi connectivity index (χ0n) is 16.2. The van der Waals surface area contributed by atoms with Gasteiger partial charge in [0.05, 0.1) is 13.1 Å². The van der Waals surface area contributed by atoms with Crippen molar-refractivity contribution in [2.45, 2.75) is 33.7 Å². The number of methoxy groups -OCH3 is 1. The van der Waals surface area contributed by atoms with Crippen molar-refractivity contribution < 1.29 is 24.2 Å². The monoisotopic (exact) mass is 370 g/mol. The summed E-state index contributed by atoms with van der Waals surface area (Å²) < 4.78 is 12.5. The summed E-state index contributed by atoms with van der Waals surface area (Å²) in [5, 5.41) is 10.5. The van der Waals surface area contributed by atoms with E-state index in [9.17, 15) is 14.7 Å². The second kappa shape index (κ2) is 8.58. The number of hydrogen-bond acceptors (Lipinski definition) is 5. The van der Waals surface area contributed by atoms with Crippen molar-refractivity contribution in [2.75, 3.05) is 13.7 Å². The highest BCUT2D eigenvalue weighted by Crippen LogP contribution is 2.28. The molecule has 0 unspecified atom stereocenters. The molecule has 2 aromatic rings. The van der Waals surface area contributed by atoms with Gasteiger partial charge in [-0.25, -0.2) is 0 Å². The summed E-state index contributed by atoms with van der Waals surface area (Å²) in [7, 11) is 1.42. The van der Waals surface area contributed by atoms with Gasteiger partial charge in [0.2, 0.25) is 0 Å². The number of aryl methyl sites for hydroxylation is 1. The van der Waals surface area contributed by atoms with Crippen LogP contribution in [0.5, 0.6) is 11.5 Å². The number of aromatic nitrogens is 1. The molecule has 0 aliphatic rings. The third-order valence-corrected chi connectivity index (χ3v) is 4.25. The lowest BCUT2D eigenvalue weighted by molar-refractivity contribution is -0.307. The predicted molar refractivity (Wildman–Crippen MR) is 101 cm³/mol. The molecule has 2 rings (SSSR count). The summed E-state index contributed by atoms with van der Waals surface area (Å²) in [6, 6.07) is 7.00. The lowest BCUT2D eigenvalue weighted by Crippen LogP contribution is -2.29. The molecule has 0 atom stereocenters. The van der Waals surface area contributed by atoms with E-state index < -0.39 is 12.6 Å². The standard InChI is InChI=1S/C21H25NO5/c1-13(2)22-14(3)10-16(15(22)4)6-8-18(23)17-7-9-19(20(11-17)26-5)27-12-21(24)25/h6-11,13H,12H2,1-5H3,(H,24,25)/p-1/b8-6+. The number of ether oxygens (including phenoxy) is 2. The third-order valence-electron chi connectivity index (χ3n) is 4.25. The second-order valence-electron chi connectivity index (χ2n) is 6.51. The minimum Gasteiger partial charge on any atom is -0.546 e. The van der Waals surface area contributed by atoms with E-state index in [2.05, 4.69) is 24.5 Å². The molecule has 0 fully saturated rings. The Hall–Kier alpha value is -3.02. The zero-order chi connectivity index (χ0) is 20.1. The quantitative estimate of drug-likeness (QED) is 0.527. The Balaban J connectivity index is 2.22. The van der Waals surface area contributed by atoms with Crippen molar-refractivity contribution in [3.63, 3.8) is 0 Å². The highest BCUT2D eigenvalue weighted by atomic mass is 16.5. The highest BCUT2D eigenvalue weighted by Gasteiger charge is 2.12. The molecule has 0 saturated heterocycles. The van der Waals surface area contributed by atoms with Crippen molar-refractivity contribution in [3.05, 3.63) is 52.9 Å². The van der Waals surface area contributed by atoms with Crippen LogP contribution in [-0.4, -0.2) is 30.0 Å². The van der Waals surface area contributed by atoms with Gasteiger partial charge in [0.1, 0.15) is 6.61 Å². The minimum absolute atomic E-state index is 0.186. The van der Waals surface area contributed by atoms with Crippen LogP contribution in [0.25, 0.3) is 6.08 Å². The first kappa shape index (κ1) is 20.3. The molecule has 0 spiro atoms. The van der Waals surface area contributed by atoms with Gasteiger partial charge in [-0.05, 0) is 69.7 Å². The number of nitrogens with zero attached hydrogens (tertiary/aromatic N) is 1. The number of benzene rings is 1. The maximum absolute atomic E-state index is 12.5. The fraction of sp³-hybridized carbons (Fsp3) is 0.333. The maximum atomic E-state index is 12.5. The molecule has 0 aliphatic carbocycles. The summed E-state index contributed by atoms with van der Waals surface area (Å²) in [6.07, 6.45) is 3.32. The van der Waals surface area contributed by atoms with Crippen LogP contribution >= 0.6 is 0 Å². The summed E-state index contributed by atoms with van der Waals surface area (Å²) >= 11 is 0. The molecule has 0 N–H and O–H groups in total. The van der Waals surface area contributed by atoms with Gasteiger partial charge in [-0.3, -0.25) is 4.79 Å². The van der Waals surface area contributed by atoms with Gasteiger partial charge >= 0.3 is 0 Å². The molecule has 0 saturated carbocycles. The molecular weight excluding hydrogens is 346 g/mol. The van der Waals surface area contributed by atoms with Gasteiger partial charge in [-0.15, -0.1) is 0 Å². The molecular formula is C21H24NO5-. The third kappa shape index (κ3) is 4.78. The Bertz CT molecular complexity index is 877. The number of allylic oxidation sites excluding steroid dienone is 1. The molecule has 0 amide bonds. The first-order valence-corrected chi connectivity index (χ1v) is 8.66. The minimum atomic E-state index is -1.33. The molecule has 0 bridgehead atoms. The van der Waals surface area contributed by atoms with E-state index in [1.807, 2.05) is 13.8 Å². The Labute approximate surface area is 159 Å². The van der Waals surface area contributed by atoms with Crippen molar-refractivity contribution >= 4 is 17.8 Å². The number of carbonyl (C=O) groups excluding carboxylic acids is 2. The average molecular weight is 370 g/mol. The molecule has 6 nitrogen and oxygen atoms in total. The molecule has 6 heteroatoms. The van der Waals surface area contributed by atoms with E-state index >= 15 is 0 Å². The van der Waals surface area contributed by atoms with Crippen LogP contribution in [0, 0.1) is 13.8 Å². The van der Waals surface area contributed by atoms with Crippen LogP contribution in [0.3, 0.4) is 0 Å². The smallest absolute Gasteiger partial charge is 0.185 e. The topological polar surface area (TPSA) is 80.6 Å². The van der Waals surface area contributed by atoms with Gasteiger partial charge in [0.15, 0.2) is 17.3 Å². The van der Waals surface area contributed by atoms with Crippen molar-refractivity contribution in [2.24, 2.45) is 0 Å². The number of carbonyl (C=O) groups is 2. The van der Waals surface area contributed by atoms with Crippen LogP contribution in [-0.2, 0) is 4.79 Å². The molecule has 1 aromatic heterocycles. The first-order valence-electron chi connectivity index (χ1n) is 8.66. The van der Waals surface area contributed by atoms with Crippen molar-refractivity contribution in [1.29, 1.82) is 0 Å². The second-order valence-corrected chi connectivity index (χ2v) is 6.51. The number of carboxylic acid groups (broad SMARTS) is 1. The lowest BCUT2D eigenvalue weighted by atomic mass is 10.1. The van der Waals surface area contributed by atoms with E-state index in [-0.39, 0.29) is 17.3 Å². The van der Waals surface area contributed by atoms with Crippen LogP contribution in [0.2, 0.25) is 0 Å². The van der Waals surface area contributed by atoms with Crippen LogP contribution < -0.4 is 14.6 Å². The van der Waals surface area contributed by atoms with Gasteiger partial charge in [0.25, 0.3) is 0 Å². The van der Waals surface area contributed by atoms with Gasteiger partial charge < -0.3 is 23.9 Å². The van der Waals surface area contributed by atoms with E-state index in [1.165, 1.54) is 25.3 Å². The van der Waals surface area contributed by atoms with Gasteiger partial charge in [-0.1, -0.05) is 0 Å². The van der Waals surface area contributed by atoms with E-state index in [0.29, 0.717) is 11.6 Å². The van der Waals surface area contributed by atoms with Crippen LogP contribution in [0.4, 0.5) is 0 Å². The summed E-state index contributed by atoms with van der Waals surface area (Å²) in [5.41, 5.74) is 3.66. The molecule has 0 radical (unpaired) electrons. The fourth-order valence-electron chi connectivity index (χ4n) is 3.10. The number of hydrogen-bond donors (Lipinski definition) is 0. The molecule has 27 heavy (non-hydrogen) atoms. The van der Waals surface area contributed by atoms with E-state index in [1.54, 1.807) is 12.1 Å². The SMILES string of the molecule is COc1cc(C(=O)/C=C/c2cc(C)n(C(C)C)c2C)ccc1OCC(=O)[O-]. The largest absolute Gasteiger partial charge is 0.546 e. The van der Waals surface area contributed by atoms with Crippen molar-refractivity contribution in [3.8, 4) is 11.5 Å². The summed E-state index contributed by atoms with van der Waals surface area (Å²) in [6.45, 7) is 7.73. The van der Waals surface area contributed by atoms with E-state index in [4.69, 9.17) is 9.47 Å². The van der Waals surface area contributed by atoms with Crippen LogP contribution in [0.1, 0.15) is 47.2 Å². The van der Waals surface area contributed by atoms with Crippen LogP contribution in [0.15, 0.2) is 30.3 Å². The number of aliphatic carboxylic acids is 1. The normalized spacial score (nSPS) is 11.2. The summed E-state index contributed by atoms with van der Waals surface area (Å²) in [5.74, 6) is -0.996. The number of carboxylic acids is 1. The molecule has 1 heterocycles. The molecule has 144 valence electrons. The predicted octanol–water partition coefficient (Wildman–Crippen LogP) is 2.72. The first-order chi connectivity index (χ1) is 12.7. The number of ketones is 1. The zero-order valence-corrected chi connectivity index (χ0v) is 16.2. The van der Waals surface area contributed by atoms with Gasteiger partial charge in [-0.2, -0.15) is 0 Å². The Morgan fingerprint density at radius 1 is 1.19 bits per heavy atom. The number of rotatable bonds is 8. The average Bonchev–Trinajstić information content (AvgIpc) is 2.91. The highest BCUT2D eigenvalue weighted by molar-refractivity contribution is 6.07.